The van der Waals surface area contributed by atoms with Gasteiger partial charge in [0, 0.05) is 42.8 Å². The van der Waals surface area contributed by atoms with Crippen LogP contribution >= 0.6 is 11.6 Å². The third-order valence-electron chi connectivity index (χ3n) is 7.99. The van der Waals surface area contributed by atoms with Crippen molar-refractivity contribution in [3.05, 3.63) is 81.6 Å². The Kier molecular flexibility index (Phi) is 11.3. The number of urea groups is 1. The van der Waals surface area contributed by atoms with Crippen molar-refractivity contribution in [3.63, 3.8) is 0 Å². The number of hydrogen-bond acceptors (Lipinski definition) is 8. The van der Waals surface area contributed by atoms with Gasteiger partial charge in [0.15, 0.2) is 0 Å². The highest BCUT2D eigenvalue weighted by Crippen LogP contribution is 2.42. The number of amides is 2. The predicted octanol–water partition coefficient (Wildman–Crippen LogP) is 6.52. The molecule has 2 amide bonds. The van der Waals surface area contributed by atoms with Crippen molar-refractivity contribution in [2.75, 3.05) is 29.4 Å². The van der Waals surface area contributed by atoms with E-state index in [0.717, 1.165) is 12.1 Å². The Morgan fingerprint density at radius 1 is 1.15 bits per heavy atom. The van der Waals surface area contributed by atoms with Crippen LogP contribution in [0.15, 0.2) is 53.7 Å². The first-order valence-corrected chi connectivity index (χ1v) is 17.2. The van der Waals surface area contributed by atoms with Crippen molar-refractivity contribution in [1.29, 1.82) is 5.41 Å². The fraction of sp³-hybridized carbons (Fsp3) is 0.312. The summed E-state index contributed by atoms with van der Waals surface area (Å²) < 4.78 is 115. The van der Waals surface area contributed by atoms with Crippen LogP contribution in [0.5, 0.6) is 0 Å². The van der Waals surface area contributed by atoms with E-state index in [1.807, 2.05) is 0 Å². The lowest BCUT2D eigenvalue weighted by molar-refractivity contribution is -0.0591. The maximum atomic E-state index is 14.9. The van der Waals surface area contributed by atoms with E-state index >= 15 is 0 Å². The Balaban J connectivity index is 1.68. The molecule has 0 spiro atoms. The van der Waals surface area contributed by atoms with Crippen LogP contribution in [0.2, 0.25) is 5.02 Å². The normalized spacial score (nSPS) is 15.5. The smallest absolute Gasteiger partial charge is 0.433 e. The first kappa shape index (κ1) is 38.6. The highest BCUT2D eigenvalue weighted by molar-refractivity contribution is 7.92. The SMILES string of the molecule is Cn1nc(N[S+](C)[O-])c2c(Cl)ccc(-c3ccc(NCCO)nc3C(Cc3cc(F)cc(F)c3)NC(=O)NC3=C(C(=N)C(F)(F)F)CCC3(F)F)c21. The molecule has 1 aliphatic carbocycles. The maximum absolute atomic E-state index is 14.9. The molecule has 0 aliphatic heterocycles. The predicted molar refractivity (Wildman–Crippen MR) is 182 cm³/mol. The summed E-state index contributed by atoms with van der Waals surface area (Å²) in [5.41, 5.74) is -3.56. The van der Waals surface area contributed by atoms with Crippen molar-refractivity contribution >= 4 is 57.2 Å². The van der Waals surface area contributed by atoms with E-state index in [4.69, 9.17) is 17.0 Å². The quantitative estimate of drug-likeness (QED) is 0.0542. The van der Waals surface area contributed by atoms with Gasteiger partial charge in [0.25, 0.3) is 5.92 Å². The minimum absolute atomic E-state index is 0.0171. The molecule has 11 nitrogen and oxygen atoms in total. The highest BCUT2D eigenvalue weighted by Gasteiger charge is 2.49. The van der Waals surface area contributed by atoms with Crippen molar-refractivity contribution in [3.8, 4) is 11.1 Å². The number of allylic oxidation sites excluding steroid dienone is 2. The molecule has 0 radical (unpaired) electrons. The van der Waals surface area contributed by atoms with E-state index in [-0.39, 0.29) is 46.6 Å². The highest BCUT2D eigenvalue weighted by atomic mass is 35.5. The Morgan fingerprint density at radius 2 is 1.83 bits per heavy atom. The number of rotatable bonds is 12. The van der Waals surface area contributed by atoms with Gasteiger partial charge in [-0.1, -0.05) is 17.7 Å². The number of fused-ring (bicyclic) bond motifs is 1. The number of halogens is 8. The third-order valence-corrected chi connectivity index (χ3v) is 8.78. The van der Waals surface area contributed by atoms with Crippen LogP contribution in [0.4, 0.5) is 47.2 Å². The van der Waals surface area contributed by atoms with Gasteiger partial charge >= 0.3 is 12.2 Å². The summed E-state index contributed by atoms with van der Waals surface area (Å²) in [5, 5.41) is 28.9. The number of nitrogens with zero attached hydrogens (tertiary/aromatic N) is 3. The van der Waals surface area contributed by atoms with Gasteiger partial charge in [-0.05, 0) is 48.7 Å². The molecule has 4 aromatic rings. The number of aryl methyl sites for hydroxylation is 1. The topological polar surface area (TPSA) is 163 Å². The van der Waals surface area contributed by atoms with Crippen LogP contribution in [-0.4, -0.2) is 67.7 Å². The Labute approximate surface area is 299 Å². The number of hydrogen-bond donors (Lipinski definition) is 6. The number of nitrogens with one attached hydrogen (secondary N) is 5. The maximum Gasteiger partial charge on any atom is 0.433 e. The lowest BCUT2D eigenvalue weighted by Crippen LogP contribution is -2.42. The number of benzene rings is 2. The monoisotopic (exact) mass is 774 g/mol. The number of aromatic nitrogens is 3. The van der Waals surface area contributed by atoms with Crippen LogP contribution in [0, 0.1) is 17.0 Å². The number of alkyl halides is 5. The molecule has 2 aromatic carbocycles. The molecule has 20 heteroatoms. The summed E-state index contributed by atoms with van der Waals surface area (Å²) in [5.74, 6) is -5.56. The molecular formula is C32H30ClF7N8O3S. The van der Waals surface area contributed by atoms with Gasteiger partial charge in [-0.2, -0.15) is 31.8 Å². The standard InChI is InChI=1S/C32H30ClF7N8O3S/c1-48-26-19(3-5-21(33)24(26)29(46-48)47-52(2)51)18-4-6-23(42-9-10-49)44-25(18)22(13-15-11-16(34)14-17(35)12-15)43-30(50)45-28-20(7-8-31(28,36)37)27(41)32(38,39)40/h3-6,11-12,14,22,41,49H,7-10,13H2,1-2H3,(H,42,44)(H,46,47)(H2,43,45,50). The Bertz CT molecular complexity index is 2040. The number of carbonyl (C=O) groups excluding carboxylic acids is 1. The molecule has 2 unspecified atom stereocenters. The minimum Gasteiger partial charge on any atom is -0.593 e. The molecule has 2 atom stereocenters. The molecule has 2 heterocycles. The van der Waals surface area contributed by atoms with Crippen molar-refractivity contribution in [2.45, 2.75) is 37.4 Å². The summed E-state index contributed by atoms with van der Waals surface area (Å²) in [4.78, 5) is 18.1. The number of aliphatic hydroxyl groups is 1. The number of pyridine rings is 1. The van der Waals surface area contributed by atoms with Gasteiger partial charge in [0.2, 0.25) is 5.82 Å². The second-order valence-electron chi connectivity index (χ2n) is 11.7. The van der Waals surface area contributed by atoms with E-state index in [0.29, 0.717) is 22.5 Å². The van der Waals surface area contributed by atoms with E-state index < -0.39 is 83.4 Å². The summed E-state index contributed by atoms with van der Waals surface area (Å²) >= 11 is 4.98. The molecule has 1 aliphatic rings. The van der Waals surface area contributed by atoms with Crippen LogP contribution < -0.4 is 20.7 Å². The Morgan fingerprint density at radius 3 is 2.46 bits per heavy atom. The van der Waals surface area contributed by atoms with Gasteiger partial charge in [-0.15, -0.1) is 0 Å². The fourth-order valence-corrected chi connectivity index (χ4v) is 6.54. The van der Waals surface area contributed by atoms with Crippen LogP contribution in [-0.2, 0) is 24.8 Å². The molecule has 0 fully saturated rings. The second kappa shape index (κ2) is 15.2. The molecule has 5 rings (SSSR count). The second-order valence-corrected chi connectivity index (χ2v) is 13.2. The molecule has 0 saturated carbocycles. The number of aliphatic hydroxyl groups excluding tert-OH is 1. The van der Waals surface area contributed by atoms with E-state index in [2.05, 4.69) is 25.4 Å². The summed E-state index contributed by atoms with van der Waals surface area (Å²) in [6, 6.07) is 5.84. The zero-order valence-electron chi connectivity index (χ0n) is 27.2. The molecular weight excluding hydrogens is 745 g/mol. The van der Waals surface area contributed by atoms with Crippen molar-refractivity contribution in [2.24, 2.45) is 7.05 Å². The third kappa shape index (κ3) is 8.38. The van der Waals surface area contributed by atoms with Gasteiger partial charge in [0.05, 0.1) is 51.3 Å². The first-order valence-electron chi connectivity index (χ1n) is 15.3. The molecule has 52 heavy (non-hydrogen) atoms. The van der Waals surface area contributed by atoms with Gasteiger partial charge in [-0.25, -0.2) is 18.6 Å². The zero-order valence-corrected chi connectivity index (χ0v) is 28.8. The Hall–Kier alpha value is -4.59. The average molecular weight is 775 g/mol. The fourth-order valence-electron chi connectivity index (χ4n) is 5.88. The summed E-state index contributed by atoms with van der Waals surface area (Å²) in [7, 11) is 1.57. The van der Waals surface area contributed by atoms with E-state index in [1.54, 1.807) is 24.5 Å². The minimum atomic E-state index is -5.28. The van der Waals surface area contributed by atoms with Gasteiger partial charge in [0.1, 0.15) is 29.4 Å². The lowest BCUT2D eigenvalue weighted by atomic mass is 9.94. The van der Waals surface area contributed by atoms with Crippen molar-refractivity contribution in [1.82, 2.24) is 25.4 Å². The van der Waals surface area contributed by atoms with Crippen LogP contribution in [0.1, 0.15) is 30.1 Å². The molecule has 0 bridgehead atoms. The van der Waals surface area contributed by atoms with E-state index in [1.165, 1.54) is 23.1 Å². The first-order chi connectivity index (χ1) is 24.4. The largest absolute Gasteiger partial charge is 0.593 e. The summed E-state index contributed by atoms with van der Waals surface area (Å²) in [6.07, 6.45) is -6.25. The number of carbonyl (C=O) groups is 1. The lowest BCUT2D eigenvalue weighted by Gasteiger charge is -2.24. The van der Waals surface area contributed by atoms with Crippen LogP contribution in [0.3, 0.4) is 0 Å². The molecule has 6 N–H and O–H groups in total. The van der Waals surface area contributed by atoms with Gasteiger partial charge < -0.3 is 25.6 Å². The van der Waals surface area contributed by atoms with Crippen LogP contribution in [0.25, 0.3) is 22.0 Å². The average Bonchev–Trinajstić information content (AvgIpc) is 3.53. The molecule has 278 valence electrons. The zero-order chi connectivity index (χ0) is 38.1. The van der Waals surface area contributed by atoms with E-state index in [9.17, 15) is 45.2 Å². The molecule has 2 aromatic heterocycles. The molecule has 0 saturated heterocycles. The summed E-state index contributed by atoms with van der Waals surface area (Å²) in [6.45, 7) is -0.293. The van der Waals surface area contributed by atoms with Crippen molar-refractivity contribution < 1.29 is 45.2 Å². The van der Waals surface area contributed by atoms with Gasteiger partial charge in [-0.3, -0.25) is 10.1 Å². The number of anilines is 2.